The van der Waals surface area contributed by atoms with Crippen LogP contribution in [0.15, 0.2) is 0 Å². The predicted octanol–water partition coefficient (Wildman–Crippen LogP) is 2.96. The minimum absolute atomic E-state index is 0.201. The van der Waals surface area contributed by atoms with Gasteiger partial charge in [0.2, 0.25) is 5.91 Å². The summed E-state index contributed by atoms with van der Waals surface area (Å²) in [5, 5.41) is 3.36. The number of rotatable bonds is 5. The first-order valence-corrected chi connectivity index (χ1v) is 10.3. The van der Waals surface area contributed by atoms with Crippen molar-refractivity contribution in [1.82, 2.24) is 10.2 Å². The molecule has 1 heterocycles. The van der Waals surface area contributed by atoms with Crippen molar-refractivity contribution in [3.05, 3.63) is 0 Å². The van der Waals surface area contributed by atoms with Gasteiger partial charge in [0.15, 0.2) is 0 Å². The van der Waals surface area contributed by atoms with Crippen LogP contribution < -0.4 is 5.32 Å². The van der Waals surface area contributed by atoms with Crippen molar-refractivity contribution in [3.8, 4) is 0 Å². The molecule has 0 aromatic carbocycles. The zero-order valence-electron chi connectivity index (χ0n) is 15.1. The number of ether oxygens (including phenoxy) is 1. The van der Waals surface area contributed by atoms with Gasteiger partial charge in [0.05, 0.1) is 13.2 Å². The quantitative estimate of drug-likeness (QED) is 0.840. The second-order valence-corrected chi connectivity index (χ2v) is 8.80. The first kappa shape index (κ1) is 16.8. The number of nitrogens with zero attached hydrogens (tertiary/aromatic N) is 1. The summed E-state index contributed by atoms with van der Waals surface area (Å²) in [5.41, 5.74) is 0.201. The van der Waals surface area contributed by atoms with Crippen LogP contribution in [0.1, 0.15) is 64.2 Å². The molecule has 136 valence electrons. The number of morpholine rings is 1. The number of hydrogen-bond donors (Lipinski definition) is 1. The molecular weight excluding hydrogens is 300 g/mol. The Morgan fingerprint density at radius 2 is 1.88 bits per heavy atom. The summed E-state index contributed by atoms with van der Waals surface area (Å²) in [7, 11) is 0. The highest BCUT2D eigenvalue weighted by Gasteiger charge is 2.41. The second-order valence-electron chi connectivity index (χ2n) is 8.80. The molecule has 4 rings (SSSR count). The summed E-state index contributed by atoms with van der Waals surface area (Å²) in [6.07, 6.45) is 12.7. The average Bonchev–Trinajstić information content (AvgIpc) is 3.25. The van der Waals surface area contributed by atoms with E-state index in [0.717, 1.165) is 51.1 Å². The zero-order chi connectivity index (χ0) is 16.4. The van der Waals surface area contributed by atoms with Crippen LogP contribution in [0.2, 0.25) is 0 Å². The van der Waals surface area contributed by atoms with Crippen molar-refractivity contribution in [2.45, 2.75) is 69.7 Å². The Balaban J connectivity index is 1.31. The van der Waals surface area contributed by atoms with Gasteiger partial charge in [-0.1, -0.05) is 25.7 Å². The molecule has 0 radical (unpaired) electrons. The Bertz CT molecular complexity index is 441. The number of hydrogen-bond acceptors (Lipinski definition) is 3. The van der Waals surface area contributed by atoms with Gasteiger partial charge in [-0.3, -0.25) is 9.69 Å². The van der Waals surface area contributed by atoms with Crippen molar-refractivity contribution >= 4 is 5.91 Å². The van der Waals surface area contributed by atoms with Crippen LogP contribution in [0.4, 0.5) is 0 Å². The van der Waals surface area contributed by atoms with Gasteiger partial charge >= 0.3 is 0 Å². The molecule has 0 aromatic rings. The molecule has 4 fully saturated rings. The van der Waals surface area contributed by atoms with Crippen molar-refractivity contribution < 1.29 is 9.53 Å². The highest BCUT2D eigenvalue weighted by atomic mass is 16.5. The van der Waals surface area contributed by atoms with Crippen LogP contribution in [-0.2, 0) is 9.53 Å². The van der Waals surface area contributed by atoms with Gasteiger partial charge in [-0.2, -0.15) is 0 Å². The molecule has 4 heteroatoms. The lowest BCUT2D eigenvalue weighted by Crippen LogP contribution is -2.59. The van der Waals surface area contributed by atoms with Crippen LogP contribution in [0.5, 0.6) is 0 Å². The first-order chi connectivity index (χ1) is 11.8. The molecule has 2 bridgehead atoms. The van der Waals surface area contributed by atoms with E-state index in [1.807, 2.05) is 0 Å². The normalized spacial score (nSPS) is 35.9. The fourth-order valence-corrected chi connectivity index (χ4v) is 6.05. The maximum atomic E-state index is 12.6. The number of carbonyl (C=O) groups is 1. The molecule has 0 spiro atoms. The topological polar surface area (TPSA) is 41.6 Å². The molecular formula is C20H34N2O2. The van der Waals surface area contributed by atoms with Gasteiger partial charge in [-0.25, -0.2) is 0 Å². The van der Waals surface area contributed by atoms with Gasteiger partial charge in [0, 0.05) is 31.6 Å². The van der Waals surface area contributed by atoms with E-state index in [4.69, 9.17) is 4.74 Å². The Kier molecular flexibility index (Phi) is 5.14. The van der Waals surface area contributed by atoms with E-state index in [9.17, 15) is 4.79 Å². The minimum Gasteiger partial charge on any atom is -0.379 e. The lowest BCUT2D eigenvalue weighted by Gasteiger charge is -2.48. The summed E-state index contributed by atoms with van der Waals surface area (Å²) >= 11 is 0. The van der Waals surface area contributed by atoms with Gasteiger partial charge in [0.25, 0.3) is 0 Å². The van der Waals surface area contributed by atoms with Crippen molar-refractivity contribution in [2.75, 3.05) is 32.8 Å². The van der Waals surface area contributed by atoms with E-state index in [1.165, 1.54) is 57.8 Å². The highest BCUT2D eigenvalue weighted by molar-refractivity contribution is 5.76. The lowest BCUT2D eigenvalue weighted by atomic mass is 9.79. The fourth-order valence-electron chi connectivity index (χ4n) is 6.05. The van der Waals surface area contributed by atoms with E-state index in [2.05, 4.69) is 10.2 Å². The Hall–Kier alpha value is -0.610. The molecule has 1 N–H and O–H groups in total. The lowest BCUT2D eigenvalue weighted by molar-refractivity contribution is -0.123. The van der Waals surface area contributed by atoms with Crippen LogP contribution in [0, 0.1) is 17.8 Å². The number of amides is 1. The standard InChI is InChI=1S/C20H34N2O2/c23-19(14-18-13-16-4-5-17(18)12-16)21-15-20(6-2-1-3-7-20)22-8-10-24-11-9-22/h16-18H,1-15H2,(H,21,23)/t16-,17-,18-/m0/s1. The Morgan fingerprint density at radius 3 is 2.54 bits per heavy atom. The molecule has 3 atom stereocenters. The predicted molar refractivity (Wildman–Crippen MR) is 94.8 cm³/mol. The number of nitrogens with one attached hydrogen (secondary N) is 1. The van der Waals surface area contributed by atoms with E-state index in [0.29, 0.717) is 11.8 Å². The molecule has 1 amide bonds. The van der Waals surface area contributed by atoms with Gasteiger partial charge in [-0.05, 0) is 49.9 Å². The van der Waals surface area contributed by atoms with E-state index in [1.54, 1.807) is 0 Å². The third-order valence-electron chi connectivity index (χ3n) is 7.41. The number of fused-ring (bicyclic) bond motifs is 2. The molecule has 4 aliphatic rings. The monoisotopic (exact) mass is 334 g/mol. The molecule has 0 aromatic heterocycles. The fraction of sp³-hybridized carbons (Fsp3) is 0.950. The maximum absolute atomic E-state index is 12.6. The average molecular weight is 335 g/mol. The van der Waals surface area contributed by atoms with E-state index in [-0.39, 0.29) is 5.54 Å². The minimum atomic E-state index is 0.201. The third-order valence-corrected chi connectivity index (χ3v) is 7.41. The summed E-state index contributed by atoms with van der Waals surface area (Å²) in [6, 6.07) is 0. The number of carbonyl (C=O) groups excluding carboxylic acids is 1. The van der Waals surface area contributed by atoms with Crippen molar-refractivity contribution in [3.63, 3.8) is 0 Å². The SMILES string of the molecule is O=C(C[C@@H]1C[C@H]2CC[C@H]1C2)NCC1(N2CCOCC2)CCCCC1. The first-order valence-electron chi connectivity index (χ1n) is 10.3. The molecule has 4 nitrogen and oxygen atoms in total. The largest absolute Gasteiger partial charge is 0.379 e. The maximum Gasteiger partial charge on any atom is 0.220 e. The highest BCUT2D eigenvalue weighted by Crippen LogP contribution is 2.49. The van der Waals surface area contributed by atoms with E-state index >= 15 is 0 Å². The molecule has 24 heavy (non-hydrogen) atoms. The molecule has 1 saturated heterocycles. The summed E-state index contributed by atoms with van der Waals surface area (Å²) in [5.74, 6) is 2.77. The zero-order valence-corrected chi connectivity index (χ0v) is 15.1. The summed E-state index contributed by atoms with van der Waals surface area (Å²) in [4.78, 5) is 15.2. The molecule has 1 aliphatic heterocycles. The molecule has 3 saturated carbocycles. The second kappa shape index (κ2) is 7.33. The van der Waals surface area contributed by atoms with Crippen molar-refractivity contribution in [2.24, 2.45) is 17.8 Å². The Labute approximate surface area is 146 Å². The van der Waals surface area contributed by atoms with E-state index < -0.39 is 0 Å². The van der Waals surface area contributed by atoms with Crippen LogP contribution in [0.25, 0.3) is 0 Å². The molecule has 3 aliphatic carbocycles. The van der Waals surface area contributed by atoms with Gasteiger partial charge in [0.1, 0.15) is 0 Å². The van der Waals surface area contributed by atoms with Crippen molar-refractivity contribution in [1.29, 1.82) is 0 Å². The smallest absolute Gasteiger partial charge is 0.220 e. The van der Waals surface area contributed by atoms with Crippen LogP contribution in [0.3, 0.4) is 0 Å². The Morgan fingerprint density at radius 1 is 1.08 bits per heavy atom. The van der Waals surface area contributed by atoms with Crippen LogP contribution >= 0.6 is 0 Å². The third kappa shape index (κ3) is 3.50. The summed E-state index contributed by atoms with van der Waals surface area (Å²) < 4.78 is 5.55. The summed E-state index contributed by atoms with van der Waals surface area (Å²) in [6.45, 7) is 4.61. The van der Waals surface area contributed by atoms with Crippen LogP contribution in [-0.4, -0.2) is 49.2 Å². The van der Waals surface area contributed by atoms with Gasteiger partial charge < -0.3 is 10.1 Å². The van der Waals surface area contributed by atoms with Gasteiger partial charge in [-0.15, -0.1) is 0 Å². The molecule has 0 unspecified atom stereocenters.